The second-order valence-electron chi connectivity index (χ2n) is 2.42. The molecule has 0 atom stereocenters. The first-order valence-electron chi connectivity index (χ1n) is 3.27. The van der Waals surface area contributed by atoms with E-state index in [4.69, 9.17) is 12.2 Å². The fourth-order valence-corrected chi connectivity index (χ4v) is 1.31. The van der Waals surface area contributed by atoms with Crippen molar-refractivity contribution >= 4 is 23.5 Å². The van der Waals surface area contributed by atoms with Gasteiger partial charge in [0.2, 0.25) is 0 Å². The van der Waals surface area contributed by atoms with Crippen LogP contribution in [0.5, 0.6) is 0 Å². The summed E-state index contributed by atoms with van der Waals surface area (Å²) in [7, 11) is 1.75. The molecular weight excluding hydrogens is 158 g/mol. The molecule has 0 aromatic carbocycles. The molecule has 0 N–H and O–H groups in total. The van der Waals surface area contributed by atoms with E-state index in [-0.39, 0.29) is 5.91 Å². The highest BCUT2D eigenvalue weighted by atomic mass is 32.1. The van der Waals surface area contributed by atoms with Gasteiger partial charge in [-0.05, 0) is 5.57 Å². The first kappa shape index (κ1) is 8.14. The van der Waals surface area contributed by atoms with Crippen LogP contribution in [0.15, 0.2) is 23.8 Å². The van der Waals surface area contributed by atoms with Crippen LogP contribution in [-0.2, 0) is 4.79 Å². The molecule has 0 spiro atoms. The van der Waals surface area contributed by atoms with E-state index in [1.165, 1.54) is 5.37 Å². The summed E-state index contributed by atoms with van der Waals surface area (Å²) in [6.45, 7) is 4.24. The Hall–Kier alpha value is -0.960. The molecule has 1 amide bonds. The third-order valence-electron chi connectivity index (χ3n) is 1.69. The van der Waals surface area contributed by atoms with Gasteiger partial charge in [0, 0.05) is 19.0 Å². The first-order chi connectivity index (χ1) is 5.20. The summed E-state index contributed by atoms with van der Waals surface area (Å²) in [5.74, 6) is -0.00472. The number of carbonyl (C=O) groups excluding carboxylic acids is 1. The third kappa shape index (κ3) is 1.24. The summed E-state index contributed by atoms with van der Waals surface area (Å²) in [5.41, 5.74) is 1.53. The topological polar surface area (TPSA) is 20.3 Å². The zero-order valence-corrected chi connectivity index (χ0v) is 7.15. The standard InChI is InChI=1S/C8H9NOS/c1-3-6-4-9(2)8(10)7(6)5-11/h3,5H,1,4H2,2H3. The van der Waals surface area contributed by atoms with Crippen molar-refractivity contribution < 1.29 is 4.79 Å². The Kier molecular flexibility index (Phi) is 2.19. The second kappa shape index (κ2) is 2.96. The minimum absolute atomic E-state index is 0.00472. The van der Waals surface area contributed by atoms with E-state index in [9.17, 15) is 4.79 Å². The molecular formula is C8H9NOS. The molecule has 0 aromatic rings. The normalized spacial score (nSPS) is 17.5. The smallest absolute Gasteiger partial charge is 0.255 e. The van der Waals surface area contributed by atoms with Crippen molar-refractivity contribution in [1.29, 1.82) is 0 Å². The number of amides is 1. The van der Waals surface area contributed by atoms with E-state index in [0.717, 1.165) is 5.57 Å². The van der Waals surface area contributed by atoms with Crippen LogP contribution >= 0.6 is 12.2 Å². The number of nitrogens with zero attached hydrogens (tertiary/aromatic N) is 1. The van der Waals surface area contributed by atoms with Gasteiger partial charge in [0.15, 0.2) is 0 Å². The molecule has 1 aliphatic heterocycles. The molecule has 1 rings (SSSR count). The Bertz CT molecular complexity index is 255. The average Bonchev–Trinajstić information content (AvgIpc) is 2.28. The summed E-state index contributed by atoms with van der Waals surface area (Å²) >= 11 is 4.71. The van der Waals surface area contributed by atoms with Gasteiger partial charge in [0.25, 0.3) is 5.91 Å². The average molecular weight is 167 g/mol. The van der Waals surface area contributed by atoms with Gasteiger partial charge in [-0.3, -0.25) is 4.79 Å². The Balaban J connectivity index is 3.04. The lowest BCUT2D eigenvalue weighted by Gasteiger charge is -2.06. The Morgan fingerprint density at radius 1 is 1.73 bits per heavy atom. The molecule has 1 aliphatic rings. The number of thiocarbonyl (C=S) groups is 1. The molecule has 11 heavy (non-hydrogen) atoms. The SMILES string of the molecule is C=CC1=C(C=S)C(=O)N(C)C1. The van der Waals surface area contributed by atoms with Crippen molar-refractivity contribution in [3.8, 4) is 0 Å². The molecule has 0 aromatic heterocycles. The maximum absolute atomic E-state index is 11.2. The molecule has 0 aliphatic carbocycles. The van der Waals surface area contributed by atoms with Gasteiger partial charge in [-0.25, -0.2) is 0 Å². The van der Waals surface area contributed by atoms with E-state index < -0.39 is 0 Å². The van der Waals surface area contributed by atoms with Crippen molar-refractivity contribution in [2.45, 2.75) is 0 Å². The zero-order chi connectivity index (χ0) is 8.43. The molecule has 0 saturated carbocycles. The molecule has 0 fully saturated rings. The van der Waals surface area contributed by atoms with Crippen LogP contribution in [0.4, 0.5) is 0 Å². The Morgan fingerprint density at radius 2 is 2.36 bits per heavy atom. The molecule has 0 saturated heterocycles. The van der Waals surface area contributed by atoms with Crippen molar-refractivity contribution in [2.24, 2.45) is 0 Å². The lowest BCUT2D eigenvalue weighted by molar-refractivity contribution is -0.123. The third-order valence-corrected chi connectivity index (χ3v) is 1.93. The summed E-state index contributed by atoms with van der Waals surface area (Å²) in [4.78, 5) is 12.8. The summed E-state index contributed by atoms with van der Waals surface area (Å²) in [6, 6.07) is 0. The van der Waals surface area contributed by atoms with Gasteiger partial charge < -0.3 is 4.90 Å². The van der Waals surface area contributed by atoms with Gasteiger partial charge in [-0.2, -0.15) is 0 Å². The summed E-state index contributed by atoms with van der Waals surface area (Å²) in [6.07, 6.45) is 1.68. The molecule has 0 unspecified atom stereocenters. The second-order valence-corrected chi connectivity index (χ2v) is 2.66. The Labute approximate surface area is 71.2 Å². The summed E-state index contributed by atoms with van der Waals surface area (Å²) < 4.78 is 0. The quantitative estimate of drug-likeness (QED) is 0.570. The van der Waals surface area contributed by atoms with Gasteiger partial charge in [-0.1, -0.05) is 24.9 Å². The van der Waals surface area contributed by atoms with Crippen LogP contribution in [0.2, 0.25) is 0 Å². The molecule has 3 heteroatoms. The van der Waals surface area contributed by atoms with Crippen LogP contribution in [0, 0.1) is 0 Å². The number of rotatable bonds is 2. The van der Waals surface area contributed by atoms with Crippen LogP contribution in [-0.4, -0.2) is 29.8 Å². The first-order valence-corrected chi connectivity index (χ1v) is 3.74. The minimum Gasteiger partial charge on any atom is -0.337 e. The largest absolute Gasteiger partial charge is 0.337 e. The predicted octanol–water partition coefficient (Wildman–Crippen LogP) is 0.941. The van der Waals surface area contributed by atoms with E-state index in [1.54, 1.807) is 18.0 Å². The zero-order valence-electron chi connectivity index (χ0n) is 6.33. The minimum atomic E-state index is -0.00472. The maximum atomic E-state index is 11.2. The van der Waals surface area contributed by atoms with Crippen LogP contribution in [0.25, 0.3) is 0 Å². The van der Waals surface area contributed by atoms with E-state index in [0.29, 0.717) is 12.1 Å². The van der Waals surface area contributed by atoms with Gasteiger partial charge >= 0.3 is 0 Å². The van der Waals surface area contributed by atoms with Crippen LogP contribution < -0.4 is 0 Å². The van der Waals surface area contributed by atoms with E-state index in [1.807, 2.05) is 0 Å². The number of hydrogen-bond donors (Lipinski definition) is 0. The molecule has 0 radical (unpaired) electrons. The van der Waals surface area contributed by atoms with E-state index >= 15 is 0 Å². The fourth-order valence-electron chi connectivity index (χ4n) is 1.06. The molecule has 1 heterocycles. The van der Waals surface area contributed by atoms with Crippen molar-refractivity contribution in [2.75, 3.05) is 13.6 Å². The van der Waals surface area contributed by atoms with Gasteiger partial charge in [0.1, 0.15) is 0 Å². The van der Waals surface area contributed by atoms with Gasteiger partial charge in [0.05, 0.1) is 5.57 Å². The number of carbonyl (C=O) groups is 1. The lowest BCUT2D eigenvalue weighted by atomic mass is 10.2. The molecule has 2 nitrogen and oxygen atoms in total. The monoisotopic (exact) mass is 167 g/mol. The summed E-state index contributed by atoms with van der Waals surface area (Å²) in [5, 5.41) is 1.42. The number of likely N-dealkylation sites (N-methyl/N-ethyl adjacent to an activating group) is 1. The van der Waals surface area contributed by atoms with Crippen molar-refractivity contribution in [1.82, 2.24) is 4.90 Å². The predicted molar refractivity (Wildman–Crippen MR) is 48.5 cm³/mol. The lowest BCUT2D eigenvalue weighted by Crippen LogP contribution is -2.21. The van der Waals surface area contributed by atoms with E-state index in [2.05, 4.69) is 6.58 Å². The maximum Gasteiger partial charge on any atom is 0.255 e. The molecule has 0 bridgehead atoms. The van der Waals surface area contributed by atoms with Crippen molar-refractivity contribution in [3.63, 3.8) is 0 Å². The highest BCUT2D eigenvalue weighted by Crippen LogP contribution is 2.16. The van der Waals surface area contributed by atoms with Crippen LogP contribution in [0.1, 0.15) is 0 Å². The van der Waals surface area contributed by atoms with Crippen molar-refractivity contribution in [3.05, 3.63) is 23.8 Å². The Morgan fingerprint density at radius 3 is 2.73 bits per heavy atom. The molecule has 58 valence electrons. The van der Waals surface area contributed by atoms with Crippen LogP contribution in [0.3, 0.4) is 0 Å². The number of hydrogen-bond acceptors (Lipinski definition) is 2. The highest BCUT2D eigenvalue weighted by Gasteiger charge is 2.23. The highest BCUT2D eigenvalue weighted by molar-refractivity contribution is 7.79. The fraction of sp³-hybridized carbons (Fsp3) is 0.250. The van der Waals surface area contributed by atoms with Gasteiger partial charge in [-0.15, -0.1) is 0 Å².